The van der Waals surface area contributed by atoms with Gasteiger partial charge in [0.2, 0.25) is 5.91 Å². The summed E-state index contributed by atoms with van der Waals surface area (Å²) in [5.74, 6) is 0.935. The van der Waals surface area contributed by atoms with Crippen molar-refractivity contribution in [3.05, 3.63) is 108 Å². The third kappa shape index (κ3) is 9.31. The highest BCUT2D eigenvalue weighted by Crippen LogP contribution is 2.39. The highest BCUT2D eigenvalue weighted by Gasteiger charge is 2.42. The average Bonchev–Trinajstić information content (AvgIpc) is 4.11. The van der Waals surface area contributed by atoms with Gasteiger partial charge in [0, 0.05) is 25.6 Å². The van der Waals surface area contributed by atoms with Gasteiger partial charge in [-0.15, -0.1) is 0 Å². The summed E-state index contributed by atoms with van der Waals surface area (Å²) in [6.07, 6.45) is 4.47. The molecule has 2 aromatic heterocycles. The van der Waals surface area contributed by atoms with Crippen LogP contribution in [-0.2, 0) is 23.8 Å². The van der Waals surface area contributed by atoms with Crippen molar-refractivity contribution in [1.29, 1.82) is 0 Å². The topological polar surface area (TPSA) is 184 Å². The molecule has 0 saturated carbocycles. The van der Waals surface area contributed by atoms with E-state index >= 15 is 0 Å². The molecule has 0 aliphatic carbocycles. The van der Waals surface area contributed by atoms with Gasteiger partial charge in [0.15, 0.2) is 0 Å². The van der Waals surface area contributed by atoms with Crippen molar-refractivity contribution in [2.45, 2.75) is 70.2 Å². The number of methoxy groups -OCH3 is 3. The molecule has 5 aromatic rings. The van der Waals surface area contributed by atoms with E-state index in [0.717, 1.165) is 46.5 Å². The number of H-pyrrole nitrogens is 2. The number of likely N-dealkylation sites (tertiary alicyclic amines) is 2. The van der Waals surface area contributed by atoms with Crippen molar-refractivity contribution in [1.82, 2.24) is 40.4 Å². The molecule has 15 heteroatoms. The molecule has 4 N–H and O–H groups in total. The lowest BCUT2D eigenvalue weighted by molar-refractivity contribution is -0.137. The number of hydrogen-bond acceptors (Lipinski definition) is 9. The summed E-state index contributed by atoms with van der Waals surface area (Å²) < 4.78 is 15.1. The Kier molecular flexibility index (Phi) is 13.2. The molecule has 3 aromatic carbocycles. The zero-order chi connectivity index (χ0) is 43.2. The van der Waals surface area contributed by atoms with Gasteiger partial charge in [0.1, 0.15) is 23.7 Å². The number of carbonyl (C=O) groups excluding carboxylic acids is 4. The van der Waals surface area contributed by atoms with E-state index in [1.165, 1.54) is 14.2 Å². The van der Waals surface area contributed by atoms with Gasteiger partial charge in [0.25, 0.3) is 5.91 Å². The Morgan fingerprint density at radius 3 is 1.80 bits per heavy atom. The van der Waals surface area contributed by atoms with Crippen LogP contribution in [0.4, 0.5) is 9.59 Å². The lowest BCUT2D eigenvalue weighted by Crippen LogP contribution is -2.51. The number of benzene rings is 3. The number of hydrogen-bond donors (Lipinski definition) is 4. The van der Waals surface area contributed by atoms with Crippen LogP contribution in [0.15, 0.2) is 91.3 Å². The Bertz CT molecular complexity index is 2290. The van der Waals surface area contributed by atoms with E-state index in [9.17, 15) is 19.2 Å². The molecule has 0 unspecified atom stereocenters. The number of nitrogens with one attached hydrogen (secondary N) is 4. The zero-order valence-electron chi connectivity index (χ0n) is 35.4. The standard InChI is InChI=1S/C46H54N8O7/c1-27(2)39(51-45(57)60-5)43(55)53-25-29(26-59-4)22-38(53)42-48-24-36(50-42)33-19-15-31(16-20-33)30-13-17-32(18-14-30)35-23-47-41(49-35)37-21-12-28(3)54(37)44(56)40(52-46(58)61-6)34-10-8-7-9-11-34/h7-11,13-20,23-24,27-29,37-40H,12,21-22,25-26H2,1-6H3,(H,47,49)(H,48,50)(H,51,57)(H,52,58)/t28-,29-,37-,38-,39-,40+/m0/s1. The molecule has 0 radical (unpaired) electrons. The van der Waals surface area contributed by atoms with Crippen LogP contribution in [0.1, 0.15) is 75.4 Å². The fraction of sp³-hybridized carbons (Fsp3) is 0.391. The molecule has 4 amide bonds. The van der Waals surface area contributed by atoms with Crippen LogP contribution >= 0.6 is 0 Å². The van der Waals surface area contributed by atoms with E-state index in [1.54, 1.807) is 24.4 Å². The number of imidazole rings is 2. The smallest absolute Gasteiger partial charge is 0.407 e. The van der Waals surface area contributed by atoms with Crippen LogP contribution in [0.5, 0.6) is 0 Å². The van der Waals surface area contributed by atoms with E-state index in [-0.39, 0.29) is 41.8 Å². The van der Waals surface area contributed by atoms with Crippen molar-refractivity contribution in [2.24, 2.45) is 11.8 Å². The summed E-state index contributed by atoms with van der Waals surface area (Å²) in [4.78, 5) is 72.4. The second kappa shape index (κ2) is 18.8. The maximum Gasteiger partial charge on any atom is 0.407 e. The first kappa shape index (κ1) is 42.6. The lowest BCUT2D eigenvalue weighted by Gasteiger charge is -2.31. The summed E-state index contributed by atoms with van der Waals surface area (Å²) in [6, 6.07) is 23.3. The molecule has 2 aliphatic rings. The summed E-state index contributed by atoms with van der Waals surface area (Å²) >= 11 is 0. The molecule has 15 nitrogen and oxygen atoms in total. The van der Waals surface area contributed by atoms with E-state index < -0.39 is 24.3 Å². The van der Waals surface area contributed by atoms with Gasteiger partial charge < -0.3 is 44.6 Å². The van der Waals surface area contributed by atoms with Crippen LogP contribution in [0.25, 0.3) is 33.6 Å². The highest BCUT2D eigenvalue weighted by molar-refractivity contribution is 5.88. The van der Waals surface area contributed by atoms with Gasteiger partial charge in [-0.3, -0.25) is 9.59 Å². The molecule has 61 heavy (non-hydrogen) atoms. The Morgan fingerprint density at radius 2 is 1.26 bits per heavy atom. The van der Waals surface area contributed by atoms with Crippen LogP contribution < -0.4 is 10.6 Å². The molecule has 0 bridgehead atoms. The van der Waals surface area contributed by atoms with Crippen molar-refractivity contribution in [2.75, 3.05) is 34.5 Å². The molecular formula is C46H54N8O7. The predicted molar refractivity (Wildman–Crippen MR) is 229 cm³/mol. The average molecular weight is 831 g/mol. The molecule has 320 valence electrons. The predicted octanol–water partition coefficient (Wildman–Crippen LogP) is 7.20. The van der Waals surface area contributed by atoms with Gasteiger partial charge in [-0.2, -0.15) is 0 Å². The van der Waals surface area contributed by atoms with Crippen molar-refractivity contribution in [3.63, 3.8) is 0 Å². The summed E-state index contributed by atoms with van der Waals surface area (Å²) in [6.45, 7) is 6.79. The number of carbonyl (C=O) groups is 4. The quantitative estimate of drug-likeness (QED) is 0.0953. The van der Waals surface area contributed by atoms with Crippen LogP contribution in [-0.4, -0.2) is 100 Å². The van der Waals surface area contributed by atoms with Gasteiger partial charge in [-0.05, 0) is 59.9 Å². The first-order valence-electron chi connectivity index (χ1n) is 20.7. The fourth-order valence-corrected chi connectivity index (χ4v) is 8.53. The normalized spacial score (nSPS) is 19.7. The third-order valence-corrected chi connectivity index (χ3v) is 11.8. The molecular weight excluding hydrogens is 777 g/mol. The van der Waals surface area contributed by atoms with Gasteiger partial charge in [-0.25, -0.2) is 19.6 Å². The Balaban J connectivity index is 1.03. The maximum atomic E-state index is 14.1. The Morgan fingerprint density at radius 1 is 0.721 bits per heavy atom. The van der Waals surface area contributed by atoms with E-state index in [4.69, 9.17) is 24.2 Å². The number of rotatable bonds is 13. The molecule has 7 rings (SSSR count). The second-order valence-corrected chi connectivity index (χ2v) is 16.1. The van der Waals surface area contributed by atoms with Crippen LogP contribution in [0.2, 0.25) is 0 Å². The molecule has 2 saturated heterocycles. The molecule has 2 aliphatic heterocycles. The number of aromatic amines is 2. The first-order valence-corrected chi connectivity index (χ1v) is 20.7. The molecule has 2 fully saturated rings. The van der Waals surface area contributed by atoms with Gasteiger partial charge >= 0.3 is 12.2 Å². The Labute approximate surface area is 355 Å². The van der Waals surface area contributed by atoms with Crippen molar-refractivity contribution >= 4 is 24.0 Å². The second-order valence-electron chi connectivity index (χ2n) is 16.1. The highest BCUT2D eigenvalue weighted by atomic mass is 16.5. The number of amides is 4. The van der Waals surface area contributed by atoms with E-state index in [0.29, 0.717) is 36.8 Å². The van der Waals surface area contributed by atoms with Gasteiger partial charge in [0.05, 0.1) is 56.7 Å². The fourth-order valence-electron chi connectivity index (χ4n) is 8.53. The Hall–Kier alpha value is -6.48. The van der Waals surface area contributed by atoms with Crippen molar-refractivity contribution in [3.8, 4) is 33.6 Å². The number of nitrogens with zero attached hydrogens (tertiary/aromatic N) is 4. The van der Waals surface area contributed by atoms with Crippen molar-refractivity contribution < 1.29 is 33.4 Å². The molecule has 6 atom stereocenters. The maximum absolute atomic E-state index is 14.1. The number of ether oxygens (including phenoxy) is 3. The molecule has 0 spiro atoms. The van der Waals surface area contributed by atoms with Gasteiger partial charge in [-0.1, -0.05) is 92.7 Å². The minimum Gasteiger partial charge on any atom is -0.453 e. The monoisotopic (exact) mass is 830 g/mol. The van der Waals surface area contributed by atoms with E-state index in [1.807, 2.05) is 80.3 Å². The summed E-state index contributed by atoms with van der Waals surface area (Å²) in [5, 5.41) is 5.44. The number of alkyl carbamates (subject to hydrolysis) is 2. The minimum absolute atomic E-state index is 0.0549. The largest absolute Gasteiger partial charge is 0.453 e. The zero-order valence-corrected chi connectivity index (χ0v) is 35.4. The minimum atomic E-state index is -0.902. The van der Waals surface area contributed by atoms with E-state index in [2.05, 4.69) is 44.9 Å². The SMILES string of the molecule is COC[C@H]1C[C@@H](c2ncc(-c3ccc(-c4ccc(-c5cnc([C@@H]6CC[C@H](C)N6C(=O)[C@H](NC(=O)OC)c6ccccc6)[nH]5)cc4)cc3)[nH]2)N(C(=O)[C@@H](NC(=O)OC)C(C)C)C1. The third-order valence-electron chi connectivity index (χ3n) is 11.8. The first-order chi connectivity index (χ1) is 29.5. The summed E-state index contributed by atoms with van der Waals surface area (Å²) in [5.41, 5.74) is 6.32. The number of aromatic nitrogens is 4. The summed E-state index contributed by atoms with van der Waals surface area (Å²) in [7, 11) is 4.22. The molecule has 4 heterocycles. The van der Waals surface area contributed by atoms with Crippen LogP contribution in [0.3, 0.4) is 0 Å². The lowest BCUT2D eigenvalue weighted by atomic mass is 10.0. The van der Waals surface area contributed by atoms with Crippen LogP contribution in [0, 0.1) is 11.8 Å².